The Morgan fingerprint density at radius 2 is 1.95 bits per heavy atom. The Balaban J connectivity index is 2.44. The molecule has 1 unspecified atom stereocenters. The number of halogens is 1. The van der Waals surface area contributed by atoms with Gasteiger partial charge in [0.25, 0.3) is 0 Å². The molecule has 0 aliphatic carbocycles. The number of nitrogens with one attached hydrogen (secondary N) is 1. The monoisotopic (exact) mass is 289 g/mol. The highest BCUT2D eigenvalue weighted by Crippen LogP contribution is 2.31. The second-order valence-corrected chi connectivity index (χ2v) is 5.11. The van der Waals surface area contributed by atoms with E-state index in [1.165, 1.54) is 0 Å². The van der Waals surface area contributed by atoms with Gasteiger partial charge in [0.05, 0.1) is 12.6 Å². The molecule has 2 aromatic carbocycles. The molecule has 0 aliphatic heterocycles. The molecule has 0 spiro atoms. The van der Waals surface area contributed by atoms with Crippen LogP contribution >= 0.6 is 11.6 Å². The molecule has 0 saturated carbocycles. The van der Waals surface area contributed by atoms with Crippen LogP contribution in [0.5, 0.6) is 5.75 Å². The van der Waals surface area contributed by atoms with Crippen LogP contribution in [0.3, 0.4) is 0 Å². The van der Waals surface area contributed by atoms with E-state index in [9.17, 15) is 0 Å². The molecular formula is C17H20ClNO. The lowest BCUT2D eigenvalue weighted by Crippen LogP contribution is -2.18. The predicted octanol–water partition coefficient (Wildman–Crippen LogP) is 4.36. The van der Waals surface area contributed by atoms with Crippen LogP contribution in [0.4, 0.5) is 0 Å². The highest BCUT2D eigenvalue weighted by atomic mass is 35.5. The molecule has 106 valence electrons. The van der Waals surface area contributed by atoms with Gasteiger partial charge in [0.2, 0.25) is 0 Å². The fraction of sp³-hybridized carbons (Fsp3) is 0.294. The number of hydrogen-bond acceptors (Lipinski definition) is 2. The van der Waals surface area contributed by atoms with E-state index in [0.717, 1.165) is 27.5 Å². The van der Waals surface area contributed by atoms with Crippen LogP contribution in [-0.4, -0.2) is 13.7 Å². The zero-order valence-corrected chi connectivity index (χ0v) is 12.9. The van der Waals surface area contributed by atoms with E-state index in [-0.39, 0.29) is 6.04 Å². The van der Waals surface area contributed by atoms with Crippen molar-refractivity contribution in [1.29, 1.82) is 0 Å². The minimum Gasteiger partial charge on any atom is -0.494 e. The van der Waals surface area contributed by atoms with Crippen molar-refractivity contribution in [3.63, 3.8) is 0 Å². The molecular weight excluding hydrogens is 270 g/mol. The highest BCUT2D eigenvalue weighted by Gasteiger charge is 2.17. The number of para-hydroxylation sites is 1. The van der Waals surface area contributed by atoms with E-state index >= 15 is 0 Å². The van der Waals surface area contributed by atoms with Crippen molar-refractivity contribution in [2.45, 2.75) is 19.9 Å². The largest absolute Gasteiger partial charge is 0.494 e. The normalized spacial score (nSPS) is 12.2. The van der Waals surface area contributed by atoms with Crippen molar-refractivity contribution in [3.8, 4) is 5.75 Å². The minimum atomic E-state index is 0.0656. The second-order valence-electron chi connectivity index (χ2n) is 4.70. The summed E-state index contributed by atoms with van der Waals surface area (Å²) in [4.78, 5) is 0. The molecule has 0 bridgehead atoms. The smallest absolute Gasteiger partial charge is 0.124 e. The molecule has 1 N–H and O–H groups in total. The lowest BCUT2D eigenvalue weighted by molar-refractivity contribution is 0.334. The summed E-state index contributed by atoms with van der Waals surface area (Å²) in [6.45, 7) is 4.66. The molecule has 0 heterocycles. The van der Waals surface area contributed by atoms with Gasteiger partial charge in [-0.1, -0.05) is 41.9 Å². The molecule has 0 fully saturated rings. The third kappa shape index (κ3) is 3.14. The molecule has 0 saturated heterocycles. The lowest BCUT2D eigenvalue weighted by atomic mass is 9.97. The van der Waals surface area contributed by atoms with Crippen molar-refractivity contribution in [1.82, 2.24) is 5.32 Å². The van der Waals surface area contributed by atoms with Gasteiger partial charge in [0.1, 0.15) is 5.75 Å². The summed E-state index contributed by atoms with van der Waals surface area (Å²) < 4.78 is 5.72. The van der Waals surface area contributed by atoms with Crippen molar-refractivity contribution in [2.75, 3.05) is 13.7 Å². The van der Waals surface area contributed by atoms with E-state index < -0.39 is 0 Å². The Labute approximate surface area is 125 Å². The maximum absolute atomic E-state index is 6.24. The van der Waals surface area contributed by atoms with Crippen LogP contribution in [-0.2, 0) is 0 Å². The fourth-order valence-electron chi connectivity index (χ4n) is 2.30. The van der Waals surface area contributed by atoms with Crippen LogP contribution in [0, 0.1) is 6.92 Å². The first kappa shape index (κ1) is 14.9. The molecule has 1 atom stereocenters. The minimum absolute atomic E-state index is 0.0656. The summed E-state index contributed by atoms with van der Waals surface area (Å²) in [5, 5.41) is 4.13. The van der Waals surface area contributed by atoms with E-state index in [2.05, 4.69) is 17.4 Å². The van der Waals surface area contributed by atoms with Gasteiger partial charge in [-0.3, -0.25) is 0 Å². The molecule has 2 rings (SSSR count). The molecule has 0 aromatic heterocycles. The van der Waals surface area contributed by atoms with Crippen molar-refractivity contribution in [2.24, 2.45) is 0 Å². The lowest BCUT2D eigenvalue weighted by Gasteiger charge is -2.21. The summed E-state index contributed by atoms with van der Waals surface area (Å²) in [5.74, 6) is 0.908. The number of hydrogen-bond donors (Lipinski definition) is 1. The van der Waals surface area contributed by atoms with Crippen molar-refractivity contribution in [3.05, 3.63) is 64.2 Å². The Hall–Kier alpha value is -1.51. The predicted molar refractivity (Wildman–Crippen MR) is 84.7 cm³/mol. The molecule has 3 heteroatoms. The summed E-state index contributed by atoms with van der Waals surface area (Å²) in [6, 6.07) is 14.3. The summed E-state index contributed by atoms with van der Waals surface area (Å²) >= 11 is 6.24. The Morgan fingerprint density at radius 1 is 1.20 bits per heavy atom. The standard InChI is InChI=1S/C17H20ClNO/c1-4-20-16-8-6-5-7-14(16)17(19-3)13-10-9-12(2)15(18)11-13/h5-11,17,19H,4H2,1-3H3. The number of ether oxygens (including phenoxy) is 1. The molecule has 0 radical (unpaired) electrons. The average Bonchev–Trinajstić information content (AvgIpc) is 2.45. The number of aryl methyl sites for hydroxylation is 1. The Kier molecular flexibility index (Phi) is 5.05. The third-order valence-corrected chi connectivity index (χ3v) is 3.75. The average molecular weight is 290 g/mol. The van der Waals surface area contributed by atoms with Gasteiger partial charge in [0.15, 0.2) is 0 Å². The van der Waals surface area contributed by atoms with Gasteiger partial charge >= 0.3 is 0 Å². The van der Waals surface area contributed by atoms with Crippen LogP contribution in [0.1, 0.15) is 29.7 Å². The van der Waals surface area contributed by atoms with E-state index in [1.54, 1.807) is 0 Å². The van der Waals surface area contributed by atoms with Gasteiger partial charge < -0.3 is 10.1 Å². The first-order valence-electron chi connectivity index (χ1n) is 6.82. The molecule has 2 aromatic rings. The van der Waals surface area contributed by atoms with Crippen LogP contribution in [0.15, 0.2) is 42.5 Å². The molecule has 0 aliphatic rings. The van der Waals surface area contributed by atoms with Gasteiger partial charge in [-0.2, -0.15) is 0 Å². The molecule has 2 nitrogen and oxygen atoms in total. The Morgan fingerprint density at radius 3 is 2.60 bits per heavy atom. The van der Waals surface area contributed by atoms with Crippen molar-refractivity contribution >= 4 is 11.6 Å². The van der Waals surface area contributed by atoms with E-state index in [1.807, 2.05) is 51.2 Å². The van der Waals surface area contributed by atoms with Crippen LogP contribution in [0.25, 0.3) is 0 Å². The summed E-state index contributed by atoms with van der Waals surface area (Å²) in [7, 11) is 1.95. The van der Waals surface area contributed by atoms with Crippen LogP contribution in [0.2, 0.25) is 5.02 Å². The van der Waals surface area contributed by atoms with Gasteiger partial charge in [0, 0.05) is 10.6 Å². The highest BCUT2D eigenvalue weighted by molar-refractivity contribution is 6.31. The first-order chi connectivity index (χ1) is 9.67. The number of benzene rings is 2. The fourth-order valence-corrected chi connectivity index (χ4v) is 2.49. The summed E-state index contributed by atoms with van der Waals surface area (Å²) in [6.07, 6.45) is 0. The quantitative estimate of drug-likeness (QED) is 0.883. The van der Waals surface area contributed by atoms with Crippen LogP contribution < -0.4 is 10.1 Å². The summed E-state index contributed by atoms with van der Waals surface area (Å²) in [5.41, 5.74) is 3.34. The van der Waals surface area contributed by atoms with Gasteiger partial charge in [-0.25, -0.2) is 0 Å². The zero-order chi connectivity index (χ0) is 14.5. The zero-order valence-electron chi connectivity index (χ0n) is 12.1. The third-order valence-electron chi connectivity index (χ3n) is 3.35. The van der Waals surface area contributed by atoms with E-state index in [4.69, 9.17) is 16.3 Å². The van der Waals surface area contributed by atoms with Gasteiger partial charge in [-0.05, 0) is 44.2 Å². The first-order valence-corrected chi connectivity index (χ1v) is 7.20. The molecule has 0 amide bonds. The SMILES string of the molecule is CCOc1ccccc1C(NC)c1ccc(C)c(Cl)c1. The van der Waals surface area contributed by atoms with Crippen molar-refractivity contribution < 1.29 is 4.74 Å². The molecule has 20 heavy (non-hydrogen) atoms. The number of rotatable bonds is 5. The second kappa shape index (κ2) is 6.78. The maximum Gasteiger partial charge on any atom is 0.124 e. The Bertz CT molecular complexity index is 583. The van der Waals surface area contributed by atoms with Gasteiger partial charge in [-0.15, -0.1) is 0 Å². The van der Waals surface area contributed by atoms with E-state index in [0.29, 0.717) is 6.61 Å². The topological polar surface area (TPSA) is 21.3 Å². The maximum atomic E-state index is 6.24.